The molecule has 0 aliphatic rings. The minimum Gasteiger partial charge on any atom is -0.478 e. The van der Waals surface area contributed by atoms with Crippen molar-refractivity contribution in [2.24, 2.45) is 0 Å². The van der Waals surface area contributed by atoms with E-state index in [0.29, 0.717) is 0 Å². The highest BCUT2D eigenvalue weighted by Crippen LogP contribution is 2.27. The summed E-state index contributed by atoms with van der Waals surface area (Å²) in [6.45, 7) is 1.78. The topological polar surface area (TPSA) is 37.3 Å². The van der Waals surface area contributed by atoms with Crippen LogP contribution in [-0.2, 0) is 4.79 Å². The molecular weight excluding hydrogens is 240 g/mol. The van der Waals surface area contributed by atoms with Gasteiger partial charge in [-0.25, -0.2) is 4.79 Å². The van der Waals surface area contributed by atoms with Crippen LogP contribution >= 0.6 is 27.3 Å². The fourth-order valence-corrected chi connectivity index (χ4v) is 2.14. The summed E-state index contributed by atoms with van der Waals surface area (Å²) in [7, 11) is 0. The molecule has 2 nitrogen and oxygen atoms in total. The first-order chi connectivity index (χ1) is 5.59. The maximum absolute atomic E-state index is 10.3. The molecule has 0 spiro atoms. The molecule has 0 saturated carbocycles. The van der Waals surface area contributed by atoms with Crippen LogP contribution in [0.1, 0.15) is 11.8 Å². The molecule has 0 amide bonds. The third-order valence-corrected chi connectivity index (χ3v) is 3.06. The molecule has 0 aliphatic heterocycles. The van der Waals surface area contributed by atoms with Crippen molar-refractivity contribution in [3.8, 4) is 0 Å². The fourth-order valence-electron chi connectivity index (χ4n) is 0.783. The van der Waals surface area contributed by atoms with E-state index < -0.39 is 5.97 Å². The molecule has 0 fully saturated rings. The Morgan fingerprint density at radius 1 is 1.67 bits per heavy atom. The average Bonchev–Trinajstić information content (AvgIpc) is 2.34. The summed E-state index contributed by atoms with van der Waals surface area (Å²) in [5.74, 6) is -0.906. The molecule has 1 rings (SSSR count). The third kappa shape index (κ3) is 2.46. The van der Waals surface area contributed by atoms with Gasteiger partial charge in [-0.2, -0.15) is 0 Å². The van der Waals surface area contributed by atoms with E-state index in [2.05, 4.69) is 15.9 Å². The molecule has 1 aromatic rings. The zero-order chi connectivity index (χ0) is 9.14. The van der Waals surface area contributed by atoms with Gasteiger partial charge >= 0.3 is 5.97 Å². The normalized spacial score (nSPS) is 11.7. The average molecular weight is 247 g/mol. The van der Waals surface area contributed by atoms with Crippen LogP contribution in [0.15, 0.2) is 22.0 Å². The lowest BCUT2D eigenvalue weighted by Crippen LogP contribution is -1.87. The second-order valence-electron chi connectivity index (χ2n) is 2.27. The summed E-state index contributed by atoms with van der Waals surface area (Å²) >= 11 is 4.83. The van der Waals surface area contributed by atoms with Crippen molar-refractivity contribution < 1.29 is 9.90 Å². The summed E-state index contributed by atoms with van der Waals surface area (Å²) in [6.07, 6.45) is 1.21. The summed E-state index contributed by atoms with van der Waals surface area (Å²) in [6, 6.07) is 3.79. The Morgan fingerprint density at radius 3 is 2.75 bits per heavy atom. The number of hydrogen-bond donors (Lipinski definition) is 1. The van der Waals surface area contributed by atoms with Crippen molar-refractivity contribution in [1.29, 1.82) is 0 Å². The van der Waals surface area contributed by atoms with Gasteiger partial charge in [-0.3, -0.25) is 0 Å². The van der Waals surface area contributed by atoms with Crippen LogP contribution in [0.4, 0.5) is 0 Å². The highest BCUT2D eigenvalue weighted by Gasteiger charge is 2.00. The Balaban J connectivity index is 2.91. The first-order valence-electron chi connectivity index (χ1n) is 3.26. The van der Waals surface area contributed by atoms with Crippen LogP contribution in [0.25, 0.3) is 5.57 Å². The number of carboxylic acids is 1. The molecule has 0 radical (unpaired) electrons. The van der Waals surface area contributed by atoms with E-state index in [4.69, 9.17) is 5.11 Å². The lowest BCUT2D eigenvalue weighted by molar-refractivity contribution is -0.131. The van der Waals surface area contributed by atoms with Crippen LogP contribution in [0.5, 0.6) is 0 Å². The number of carboxylic acid groups (broad SMARTS) is 1. The number of halogens is 1. The van der Waals surface area contributed by atoms with Gasteiger partial charge in [-0.05, 0) is 40.6 Å². The Bertz CT molecular complexity index is 328. The van der Waals surface area contributed by atoms with Gasteiger partial charge in [-0.1, -0.05) is 0 Å². The second-order valence-corrected chi connectivity index (χ2v) is 4.73. The highest BCUT2D eigenvalue weighted by atomic mass is 79.9. The smallest absolute Gasteiger partial charge is 0.328 e. The van der Waals surface area contributed by atoms with Crippen LogP contribution in [-0.4, -0.2) is 11.1 Å². The van der Waals surface area contributed by atoms with Crippen LogP contribution in [0.3, 0.4) is 0 Å². The van der Waals surface area contributed by atoms with Crippen molar-refractivity contribution in [3.05, 3.63) is 26.9 Å². The van der Waals surface area contributed by atoms with Crippen LogP contribution in [0.2, 0.25) is 0 Å². The maximum atomic E-state index is 10.3. The first-order valence-corrected chi connectivity index (χ1v) is 4.87. The van der Waals surface area contributed by atoms with Gasteiger partial charge < -0.3 is 5.11 Å². The summed E-state index contributed by atoms with van der Waals surface area (Å²) in [5.41, 5.74) is 0.776. The van der Waals surface area contributed by atoms with E-state index in [0.717, 1.165) is 14.2 Å². The van der Waals surface area contributed by atoms with Crippen molar-refractivity contribution in [1.82, 2.24) is 0 Å². The Kier molecular flexibility index (Phi) is 3.05. The molecule has 4 heteroatoms. The maximum Gasteiger partial charge on any atom is 0.328 e. The molecule has 1 heterocycles. The van der Waals surface area contributed by atoms with Gasteiger partial charge in [0.2, 0.25) is 0 Å². The third-order valence-electron chi connectivity index (χ3n) is 1.30. The number of carbonyl (C=O) groups is 1. The van der Waals surface area contributed by atoms with Crippen LogP contribution < -0.4 is 0 Å². The van der Waals surface area contributed by atoms with E-state index >= 15 is 0 Å². The molecular formula is C8H7BrO2S. The lowest BCUT2D eigenvalue weighted by atomic mass is 10.2. The fraction of sp³-hybridized carbons (Fsp3) is 0.125. The Morgan fingerprint density at radius 2 is 2.33 bits per heavy atom. The number of allylic oxidation sites excluding steroid dienone is 1. The largest absolute Gasteiger partial charge is 0.478 e. The van der Waals surface area contributed by atoms with Crippen molar-refractivity contribution in [3.63, 3.8) is 0 Å². The van der Waals surface area contributed by atoms with Gasteiger partial charge in [0.15, 0.2) is 0 Å². The monoisotopic (exact) mass is 246 g/mol. The quantitative estimate of drug-likeness (QED) is 0.815. The first kappa shape index (κ1) is 9.48. The Labute approximate surface area is 82.7 Å². The van der Waals surface area contributed by atoms with E-state index in [9.17, 15) is 4.79 Å². The van der Waals surface area contributed by atoms with Crippen molar-refractivity contribution >= 4 is 38.8 Å². The predicted octanol–water partition coefficient (Wildman–Crippen LogP) is 3.00. The number of hydrogen-bond acceptors (Lipinski definition) is 2. The Hall–Kier alpha value is -0.610. The molecule has 0 aliphatic carbocycles. The zero-order valence-corrected chi connectivity index (χ0v) is 8.78. The van der Waals surface area contributed by atoms with E-state index in [1.165, 1.54) is 17.4 Å². The minimum atomic E-state index is -0.906. The number of aliphatic carboxylic acids is 1. The standard InChI is InChI=1S/C8H7BrO2S/c1-5(4-8(10)11)6-2-3-7(9)12-6/h2-4H,1H3,(H,10,11)/b5-4+. The summed E-state index contributed by atoms with van der Waals surface area (Å²) in [5, 5.41) is 8.47. The zero-order valence-electron chi connectivity index (χ0n) is 6.37. The van der Waals surface area contributed by atoms with E-state index in [1.54, 1.807) is 6.92 Å². The molecule has 0 unspecified atom stereocenters. The summed E-state index contributed by atoms with van der Waals surface area (Å²) < 4.78 is 1.01. The van der Waals surface area contributed by atoms with Crippen molar-refractivity contribution in [2.45, 2.75) is 6.92 Å². The number of thiophene rings is 1. The van der Waals surface area contributed by atoms with Gasteiger partial charge in [0.1, 0.15) is 0 Å². The molecule has 0 bridgehead atoms. The van der Waals surface area contributed by atoms with Gasteiger partial charge in [0.25, 0.3) is 0 Å². The molecule has 1 aromatic heterocycles. The molecule has 0 atom stereocenters. The molecule has 1 N–H and O–H groups in total. The van der Waals surface area contributed by atoms with Crippen molar-refractivity contribution in [2.75, 3.05) is 0 Å². The highest BCUT2D eigenvalue weighted by molar-refractivity contribution is 9.11. The molecule has 0 saturated heterocycles. The SMILES string of the molecule is C/C(=C\C(=O)O)c1ccc(Br)s1. The van der Waals surface area contributed by atoms with Gasteiger partial charge in [0.05, 0.1) is 3.79 Å². The van der Waals surface area contributed by atoms with Crippen LogP contribution in [0, 0.1) is 0 Å². The molecule has 0 aromatic carbocycles. The van der Waals surface area contributed by atoms with Gasteiger partial charge in [-0.15, -0.1) is 11.3 Å². The minimum absolute atomic E-state index is 0.776. The molecule has 64 valence electrons. The molecule has 12 heavy (non-hydrogen) atoms. The predicted molar refractivity (Wildman–Crippen MR) is 53.3 cm³/mol. The van der Waals surface area contributed by atoms with Gasteiger partial charge in [0, 0.05) is 11.0 Å². The van der Waals surface area contributed by atoms with E-state index in [1.807, 2.05) is 12.1 Å². The lowest BCUT2D eigenvalue weighted by Gasteiger charge is -1.92. The van der Waals surface area contributed by atoms with E-state index in [-0.39, 0.29) is 0 Å². The number of rotatable bonds is 2. The summed E-state index contributed by atoms with van der Waals surface area (Å²) in [4.78, 5) is 11.3. The second kappa shape index (κ2) is 3.87.